The topological polar surface area (TPSA) is 48.7 Å². The first-order valence-electron chi connectivity index (χ1n) is 7.16. The predicted octanol–water partition coefficient (Wildman–Crippen LogP) is 3.81. The predicted molar refractivity (Wildman–Crippen MR) is 78.0 cm³/mol. The molecule has 1 aromatic rings. The highest BCUT2D eigenvalue weighted by atomic mass is 14.9. The van der Waals surface area contributed by atoms with E-state index in [4.69, 9.17) is 0 Å². The van der Waals surface area contributed by atoms with Crippen molar-refractivity contribution in [1.29, 1.82) is 5.26 Å². The number of anilines is 1. The van der Waals surface area contributed by atoms with E-state index < -0.39 is 0 Å². The number of nitriles is 1. The third kappa shape index (κ3) is 3.07. The van der Waals surface area contributed by atoms with Crippen LogP contribution in [-0.4, -0.2) is 11.0 Å². The van der Waals surface area contributed by atoms with Crippen molar-refractivity contribution < 1.29 is 0 Å². The van der Waals surface area contributed by atoms with Gasteiger partial charge in [-0.1, -0.05) is 13.8 Å². The fourth-order valence-corrected chi connectivity index (χ4v) is 2.98. The molecular weight excluding hydrogens is 234 g/mol. The molecule has 0 aromatic carbocycles. The minimum absolute atomic E-state index is 0.486. The van der Waals surface area contributed by atoms with E-state index in [-0.39, 0.29) is 0 Å². The Bertz CT molecular complexity index is 501. The molecule has 19 heavy (non-hydrogen) atoms. The van der Waals surface area contributed by atoms with Gasteiger partial charge in [-0.2, -0.15) is 5.26 Å². The Morgan fingerprint density at radius 3 is 2.63 bits per heavy atom. The summed E-state index contributed by atoms with van der Waals surface area (Å²) in [5.74, 6) is 1.57. The average molecular weight is 257 g/mol. The van der Waals surface area contributed by atoms with Crippen LogP contribution < -0.4 is 5.32 Å². The lowest BCUT2D eigenvalue weighted by Crippen LogP contribution is -2.30. The fourth-order valence-electron chi connectivity index (χ4n) is 2.98. The van der Waals surface area contributed by atoms with Crippen molar-refractivity contribution in [3.63, 3.8) is 0 Å². The van der Waals surface area contributed by atoms with Gasteiger partial charge in [0.15, 0.2) is 0 Å². The molecule has 0 aliphatic heterocycles. The Morgan fingerprint density at radius 1 is 1.26 bits per heavy atom. The van der Waals surface area contributed by atoms with Crippen LogP contribution in [0, 0.1) is 37.0 Å². The van der Waals surface area contributed by atoms with Gasteiger partial charge in [-0.25, -0.2) is 0 Å². The number of pyridine rings is 1. The van der Waals surface area contributed by atoms with Crippen molar-refractivity contribution >= 4 is 5.69 Å². The fraction of sp³-hybridized carbons (Fsp3) is 0.625. The van der Waals surface area contributed by atoms with Gasteiger partial charge in [-0.05, 0) is 51.0 Å². The van der Waals surface area contributed by atoms with Crippen LogP contribution in [0.25, 0.3) is 0 Å². The number of hydrogen-bond donors (Lipinski definition) is 1. The summed E-state index contributed by atoms with van der Waals surface area (Å²) in [6.45, 7) is 8.54. The Balaban J connectivity index is 2.18. The molecular formula is C16H23N3. The van der Waals surface area contributed by atoms with Gasteiger partial charge < -0.3 is 5.32 Å². The lowest BCUT2D eigenvalue weighted by atomic mass is 9.79. The van der Waals surface area contributed by atoms with Crippen molar-refractivity contribution in [1.82, 2.24) is 4.98 Å². The first-order valence-corrected chi connectivity index (χ1v) is 7.16. The van der Waals surface area contributed by atoms with E-state index in [2.05, 4.69) is 30.2 Å². The van der Waals surface area contributed by atoms with E-state index in [1.165, 1.54) is 19.3 Å². The molecule has 0 bridgehead atoms. The van der Waals surface area contributed by atoms with E-state index in [1.54, 1.807) is 0 Å². The van der Waals surface area contributed by atoms with Crippen molar-refractivity contribution in [3.8, 4) is 6.07 Å². The molecule has 3 atom stereocenters. The van der Waals surface area contributed by atoms with E-state index in [0.717, 1.165) is 28.9 Å². The summed E-state index contributed by atoms with van der Waals surface area (Å²) in [6, 6.07) is 4.76. The second-order valence-corrected chi connectivity index (χ2v) is 5.99. The third-order valence-electron chi connectivity index (χ3n) is 4.40. The summed E-state index contributed by atoms with van der Waals surface area (Å²) >= 11 is 0. The highest BCUT2D eigenvalue weighted by Gasteiger charge is 2.25. The van der Waals surface area contributed by atoms with Gasteiger partial charge in [0.05, 0.1) is 16.9 Å². The van der Waals surface area contributed by atoms with Crippen molar-refractivity contribution in [2.45, 2.75) is 53.0 Å². The highest BCUT2D eigenvalue weighted by Crippen LogP contribution is 2.32. The molecule has 1 heterocycles. The quantitative estimate of drug-likeness (QED) is 0.876. The molecule has 3 heteroatoms. The molecule has 102 valence electrons. The molecule has 1 N–H and O–H groups in total. The van der Waals surface area contributed by atoms with Crippen LogP contribution in [0.3, 0.4) is 0 Å². The first kappa shape index (κ1) is 13.9. The second kappa shape index (κ2) is 5.61. The van der Waals surface area contributed by atoms with Crippen LogP contribution in [0.4, 0.5) is 5.69 Å². The minimum Gasteiger partial charge on any atom is -0.381 e. The SMILES string of the molecule is Cc1cc(NC2CCC(C)C(C)C2)c(C#N)c(C)n1. The minimum atomic E-state index is 0.486. The zero-order chi connectivity index (χ0) is 14.0. The number of aryl methyl sites for hydroxylation is 2. The molecule has 1 fully saturated rings. The molecule has 1 aromatic heterocycles. The molecule has 0 saturated heterocycles. The van der Waals surface area contributed by atoms with Crippen LogP contribution in [0.5, 0.6) is 0 Å². The number of rotatable bonds is 2. The van der Waals surface area contributed by atoms with Crippen LogP contribution in [0.1, 0.15) is 50.1 Å². The van der Waals surface area contributed by atoms with Crippen molar-refractivity contribution in [2.75, 3.05) is 5.32 Å². The standard InChI is InChI=1S/C16H23N3/c1-10-5-6-14(7-11(10)2)19-16-8-12(3)18-13(4)15(16)9-17/h8,10-11,14H,5-7H2,1-4H3,(H,18,19). The lowest BCUT2D eigenvalue weighted by molar-refractivity contribution is 0.261. The van der Waals surface area contributed by atoms with Crippen molar-refractivity contribution in [2.24, 2.45) is 11.8 Å². The van der Waals surface area contributed by atoms with Crippen molar-refractivity contribution in [3.05, 3.63) is 23.0 Å². The third-order valence-corrected chi connectivity index (χ3v) is 4.40. The van der Waals surface area contributed by atoms with Gasteiger partial charge in [0, 0.05) is 11.7 Å². The molecule has 0 spiro atoms. The summed E-state index contributed by atoms with van der Waals surface area (Å²) in [5, 5.41) is 12.9. The maximum atomic E-state index is 9.28. The molecule has 3 nitrogen and oxygen atoms in total. The number of hydrogen-bond acceptors (Lipinski definition) is 3. The summed E-state index contributed by atoms with van der Waals surface area (Å²) in [6.07, 6.45) is 3.65. The summed E-state index contributed by atoms with van der Waals surface area (Å²) < 4.78 is 0. The Morgan fingerprint density at radius 2 is 2.00 bits per heavy atom. The second-order valence-electron chi connectivity index (χ2n) is 5.99. The zero-order valence-corrected chi connectivity index (χ0v) is 12.3. The Kier molecular flexibility index (Phi) is 4.09. The Labute approximate surface area is 116 Å². The normalized spacial score (nSPS) is 26.8. The van der Waals surface area contributed by atoms with Gasteiger partial charge in [0.2, 0.25) is 0 Å². The molecule has 0 amide bonds. The molecule has 1 aliphatic carbocycles. The van der Waals surface area contributed by atoms with Gasteiger partial charge >= 0.3 is 0 Å². The van der Waals surface area contributed by atoms with E-state index in [0.29, 0.717) is 11.6 Å². The number of nitrogens with one attached hydrogen (secondary N) is 1. The molecule has 1 saturated carbocycles. The van der Waals surface area contributed by atoms with Gasteiger partial charge in [0.1, 0.15) is 6.07 Å². The first-order chi connectivity index (χ1) is 9.01. The summed E-state index contributed by atoms with van der Waals surface area (Å²) in [5.41, 5.74) is 3.44. The molecule has 1 aliphatic rings. The molecule has 2 rings (SSSR count). The number of nitrogens with zero attached hydrogens (tertiary/aromatic N) is 2. The largest absolute Gasteiger partial charge is 0.381 e. The molecule has 3 unspecified atom stereocenters. The van der Waals surface area contributed by atoms with E-state index >= 15 is 0 Å². The highest BCUT2D eigenvalue weighted by molar-refractivity contribution is 5.60. The van der Waals surface area contributed by atoms with Gasteiger partial charge in [-0.15, -0.1) is 0 Å². The van der Waals surface area contributed by atoms with Crippen LogP contribution in [0.2, 0.25) is 0 Å². The van der Waals surface area contributed by atoms with Gasteiger partial charge in [-0.3, -0.25) is 4.98 Å². The monoisotopic (exact) mass is 257 g/mol. The molecule has 0 radical (unpaired) electrons. The van der Waals surface area contributed by atoms with Gasteiger partial charge in [0.25, 0.3) is 0 Å². The number of aromatic nitrogens is 1. The van der Waals surface area contributed by atoms with E-state index in [1.807, 2.05) is 19.9 Å². The lowest BCUT2D eigenvalue weighted by Gasteiger charge is -2.33. The summed E-state index contributed by atoms with van der Waals surface area (Å²) in [4.78, 5) is 4.36. The van der Waals surface area contributed by atoms with Crippen LogP contribution in [0.15, 0.2) is 6.07 Å². The maximum absolute atomic E-state index is 9.28. The Hall–Kier alpha value is -1.56. The zero-order valence-electron chi connectivity index (χ0n) is 12.3. The van der Waals surface area contributed by atoms with E-state index in [9.17, 15) is 5.26 Å². The maximum Gasteiger partial charge on any atom is 0.103 e. The van der Waals surface area contributed by atoms with Crippen LogP contribution >= 0.6 is 0 Å². The van der Waals surface area contributed by atoms with Crippen LogP contribution in [-0.2, 0) is 0 Å². The summed E-state index contributed by atoms with van der Waals surface area (Å²) in [7, 11) is 0. The smallest absolute Gasteiger partial charge is 0.103 e. The average Bonchev–Trinajstić information content (AvgIpc) is 2.33.